The summed E-state index contributed by atoms with van der Waals surface area (Å²) in [7, 11) is 2.78. The lowest BCUT2D eigenvalue weighted by Gasteiger charge is -2.19. The van der Waals surface area contributed by atoms with Gasteiger partial charge in [0.25, 0.3) is 11.1 Å². The number of thioether (sulfide) groups is 1. The fourth-order valence-corrected chi connectivity index (χ4v) is 3.83. The average Bonchev–Trinajstić information content (AvgIpc) is 3.36. The molecule has 1 aliphatic rings. The van der Waals surface area contributed by atoms with Crippen molar-refractivity contribution in [3.8, 4) is 11.5 Å². The summed E-state index contributed by atoms with van der Waals surface area (Å²) in [5.41, 5.74) is 0.699. The van der Waals surface area contributed by atoms with Crippen LogP contribution in [0.3, 0.4) is 0 Å². The Morgan fingerprint density at radius 2 is 1.97 bits per heavy atom. The molecule has 1 aromatic heterocycles. The van der Waals surface area contributed by atoms with Gasteiger partial charge in [-0.2, -0.15) is 0 Å². The number of hydrogen-bond acceptors (Lipinski definition) is 8. The highest BCUT2D eigenvalue weighted by Crippen LogP contribution is 2.36. The number of esters is 1. The first kappa shape index (κ1) is 22.5. The molecule has 3 rings (SSSR count). The van der Waals surface area contributed by atoms with E-state index in [2.05, 4.69) is 4.74 Å². The summed E-state index contributed by atoms with van der Waals surface area (Å²) in [6.07, 6.45) is 2.36. The van der Waals surface area contributed by atoms with Crippen LogP contribution >= 0.6 is 11.8 Å². The molecule has 1 saturated heterocycles. The van der Waals surface area contributed by atoms with Crippen molar-refractivity contribution in [2.75, 3.05) is 14.2 Å². The van der Waals surface area contributed by atoms with Crippen LogP contribution in [0.15, 0.2) is 39.7 Å². The van der Waals surface area contributed by atoms with Crippen molar-refractivity contribution < 1.29 is 33.0 Å². The largest absolute Gasteiger partial charge is 0.493 e. The predicted molar refractivity (Wildman–Crippen MR) is 115 cm³/mol. The molecule has 1 aliphatic heterocycles. The van der Waals surface area contributed by atoms with Crippen molar-refractivity contribution in [2.24, 2.45) is 0 Å². The average molecular weight is 445 g/mol. The Labute approximate surface area is 184 Å². The van der Waals surface area contributed by atoms with Crippen LogP contribution in [0.4, 0.5) is 4.79 Å². The molecule has 1 fully saturated rings. The van der Waals surface area contributed by atoms with Crippen molar-refractivity contribution in [1.82, 2.24) is 4.90 Å². The quantitative estimate of drug-likeness (QED) is 0.433. The molecule has 0 spiro atoms. The van der Waals surface area contributed by atoms with Gasteiger partial charge in [0, 0.05) is 6.04 Å². The van der Waals surface area contributed by atoms with Gasteiger partial charge in [-0.3, -0.25) is 14.5 Å². The van der Waals surface area contributed by atoms with Crippen LogP contribution in [0.1, 0.15) is 42.1 Å². The molecular formula is C22H23NO7S. The second-order valence-electron chi connectivity index (χ2n) is 6.77. The van der Waals surface area contributed by atoms with Gasteiger partial charge < -0.3 is 18.6 Å². The number of methoxy groups -OCH3 is 2. The summed E-state index contributed by atoms with van der Waals surface area (Å²) >= 11 is 0.928. The molecule has 0 radical (unpaired) electrons. The molecule has 1 unspecified atom stereocenters. The minimum absolute atomic E-state index is 0.0838. The first-order valence-electron chi connectivity index (χ1n) is 9.62. The van der Waals surface area contributed by atoms with Gasteiger partial charge >= 0.3 is 5.97 Å². The minimum atomic E-state index is -0.564. The highest BCUT2D eigenvalue weighted by atomic mass is 32.2. The molecule has 0 N–H and O–H groups in total. The number of ether oxygens (including phenoxy) is 3. The molecule has 1 aromatic carbocycles. The third kappa shape index (κ3) is 4.93. The lowest BCUT2D eigenvalue weighted by atomic mass is 10.1. The molecule has 164 valence electrons. The van der Waals surface area contributed by atoms with Crippen molar-refractivity contribution in [3.63, 3.8) is 0 Å². The summed E-state index contributed by atoms with van der Waals surface area (Å²) in [6, 6.07) is 8.17. The number of carbonyl (C=O) groups excluding carboxylic acids is 3. The van der Waals surface area contributed by atoms with Gasteiger partial charge in [0.2, 0.25) is 5.76 Å². The topological polar surface area (TPSA) is 95.3 Å². The summed E-state index contributed by atoms with van der Waals surface area (Å²) < 4.78 is 21.1. The molecule has 0 aliphatic carbocycles. The predicted octanol–water partition coefficient (Wildman–Crippen LogP) is 4.49. The van der Waals surface area contributed by atoms with E-state index in [1.54, 1.807) is 30.3 Å². The smallest absolute Gasteiger partial charge is 0.373 e. The number of hydrogen-bond donors (Lipinski definition) is 0. The second-order valence-corrected chi connectivity index (χ2v) is 7.76. The van der Waals surface area contributed by atoms with Crippen LogP contribution < -0.4 is 9.47 Å². The Morgan fingerprint density at radius 3 is 2.65 bits per heavy atom. The van der Waals surface area contributed by atoms with E-state index >= 15 is 0 Å². The SMILES string of the molecule is CCC(C)N1C(=O)S/C(=C\c2ccc(OCc3ccc(C(=O)OC)o3)c(OC)c2)C1=O. The van der Waals surface area contributed by atoms with Crippen LogP contribution in [-0.2, 0) is 16.1 Å². The number of rotatable bonds is 8. The molecule has 0 saturated carbocycles. The Hall–Kier alpha value is -3.20. The standard InChI is InChI=1S/C22H23NO7S/c1-5-13(2)23-20(24)19(31-22(23)26)11-14-6-8-16(18(10-14)27-3)29-12-15-7-9-17(30-15)21(25)28-4/h6-11,13H,5,12H2,1-4H3/b19-11-. The molecule has 8 nitrogen and oxygen atoms in total. The van der Waals surface area contributed by atoms with Gasteiger partial charge in [-0.15, -0.1) is 0 Å². The number of imide groups is 1. The fourth-order valence-electron chi connectivity index (χ4n) is 2.90. The van der Waals surface area contributed by atoms with E-state index in [1.165, 1.54) is 25.2 Å². The normalized spacial score (nSPS) is 16.0. The zero-order chi connectivity index (χ0) is 22.5. The zero-order valence-corrected chi connectivity index (χ0v) is 18.5. The van der Waals surface area contributed by atoms with Crippen molar-refractivity contribution >= 4 is 35.0 Å². The Bertz CT molecular complexity index is 1030. The highest BCUT2D eigenvalue weighted by molar-refractivity contribution is 8.18. The molecule has 2 amide bonds. The first-order valence-corrected chi connectivity index (χ1v) is 10.4. The maximum absolute atomic E-state index is 12.6. The number of carbonyl (C=O) groups is 3. The molecule has 2 heterocycles. The Kier molecular flexibility index (Phi) is 7.06. The summed E-state index contributed by atoms with van der Waals surface area (Å²) in [6.45, 7) is 3.86. The molecule has 1 atom stereocenters. The Balaban J connectivity index is 1.73. The van der Waals surface area contributed by atoms with Gasteiger partial charge in [-0.25, -0.2) is 4.79 Å². The third-order valence-electron chi connectivity index (χ3n) is 4.76. The summed E-state index contributed by atoms with van der Waals surface area (Å²) in [5.74, 6) is 0.604. The molecular weight excluding hydrogens is 422 g/mol. The van der Waals surface area contributed by atoms with E-state index in [-0.39, 0.29) is 29.6 Å². The van der Waals surface area contributed by atoms with E-state index in [1.807, 2.05) is 13.8 Å². The lowest BCUT2D eigenvalue weighted by Crippen LogP contribution is -2.36. The molecule has 2 aromatic rings. The van der Waals surface area contributed by atoms with E-state index in [9.17, 15) is 14.4 Å². The van der Waals surface area contributed by atoms with Gasteiger partial charge in [-0.1, -0.05) is 13.0 Å². The van der Waals surface area contributed by atoms with Crippen LogP contribution in [-0.4, -0.2) is 42.3 Å². The number of amides is 2. The van der Waals surface area contributed by atoms with Crippen molar-refractivity contribution in [3.05, 3.63) is 52.3 Å². The second kappa shape index (κ2) is 9.74. The van der Waals surface area contributed by atoms with Gasteiger partial charge in [0.15, 0.2) is 11.5 Å². The van der Waals surface area contributed by atoms with E-state index in [0.717, 1.165) is 11.8 Å². The van der Waals surface area contributed by atoms with E-state index < -0.39 is 5.97 Å². The summed E-state index contributed by atoms with van der Waals surface area (Å²) in [4.78, 5) is 37.9. The third-order valence-corrected chi connectivity index (χ3v) is 5.64. The van der Waals surface area contributed by atoms with Crippen LogP contribution in [0.2, 0.25) is 0 Å². The molecule has 9 heteroatoms. The maximum atomic E-state index is 12.6. The monoisotopic (exact) mass is 445 g/mol. The highest BCUT2D eigenvalue weighted by Gasteiger charge is 2.37. The molecule has 31 heavy (non-hydrogen) atoms. The van der Waals surface area contributed by atoms with Gasteiger partial charge in [0.1, 0.15) is 12.4 Å². The fraction of sp³-hybridized carbons (Fsp3) is 0.318. The van der Waals surface area contributed by atoms with Gasteiger partial charge in [0.05, 0.1) is 19.1 Å². The van der Waals surface area contributed by atoms with Crippen molar-refractivity contribution in [1.29, 1.82) is 0 Å². The zero-order valence-electron chi connectivity index (χ0n) is 17.7. The minimum Gasteiger partial charge on any atom is -0.493 e. The van der Waals surface area contributed by atoms with E-state index in [0.29, 0.717) is 34.1 Å². The van der Waals surface area contributed by atoms with Crippen LogP contribution in [0, 0.1) is 0 Å². The van der Waals surface area contributed by atoms with Crippen molar-refractivity contribution in [2.45, 2.75) is 32.9 Å². The summed E-state index contributed by atoms with van der Waals surface area (Å²) in [5, 5.41) is -0.262. The lowest BCUT2D eigenvalue weighted by molar-refractivity contribution is -0.124. The Morgan fingerprint density at radius 1 is 1.19 bits per heavy atom. The number of nitrogens with zero attached hydrogens (tertiary/aromatic N) is 1. The van der Waals surface area contributed by atoms with Crippen LogP contribution in [0.5, 0.6) is 11.5 Å². The number of furan rings is 1. The van der Waals surface area contributed by atoms with Gasteiger partial charge in [-0.05, 0) is 61.0 Å². The van der Waals surface area contributed by atoms with E-state index in [4.69, 9.17) is 13.9 Å². The molecule has 0 bridgehead atoms. The number of benzene rings is 1. The van der Waals surface area contributed by atoms with Crippen LogP contribution in [0.25, 0.3) is 6.08 Å². The maximum Gasteiger partial charge on any atom is 0.373 e. The first-order chi connectivity index (χ1) is 14.9.